The lowest BCUT2D eigenvalue weighted by Gasteiger charge is -2.24. The summed E-state index contributed by atoms with van der Waals surface area (Å²) >= 11 is 0. The van der Waals surface area contributed by atoms with Crippen LogP contribution >= 0.6 is 0 Å². The number of hydrogen-bond donors (Lipinski definition) is 3. The molecule has 0 aliphatic heterocycles. The van der Waals surface area contributed by atoms with Gasteiger partial charge in [-0.3, -0.25) is 24.7 Å². The van der Waals surface area contributed by atoms with Gasteiger partial charge in [0.2, 0.25) is 5.91 Å². The molecule has 0 bridgehead atoms. The molecule has 0 saturated heterocycles. The van der Waals surface area contributed by atoms with E-state index < -0.39 is 17.9 Å². The summed E-state index contributed by atoms with van der Waals surface area (Å²) in [5.74, 6) is -1.29. The van der Waals surface area contributed by atoms with Crippen LogP contribution in [-0.4, -0.2) is 47.0 Å². The van der Waals surface area contributed by atoms with Crippen molar-refractivity contribution in [2.75, 3.05) is 14.1 Å². The molecule has 0 saturated carbocycles. The summed E-state index contributed by atoms with van der Waals surface area (Å²) in [5.41, 5.74) is 4.25. The summed E-state index contributed by atoms with van der Waals surface area (Å²) in [6.45, 7) is 0.321. The Balaban J connectivity index is 2.04. The SMILES string of the molecule is CNC(=O)C(C(=O)NO)N(C)Cc1ccc(/C=C/c2ccccc2)nc1. The molecule has 0 fully saturated rings. The molecular formula is C19H22N4O3. The van der Waals surface area contributed by atoms with E-state index in [0.29, 0.717) is 6.54 Å². The molecule has 0 aliphatic rings. The highest BCUT2D eigenvalue weighted by Crippen LogP contribution is 2.10. The second-order valence-electron chi connectivity index (χ2n) is 5.74. The number of nitrogens with zero attached hydrogens (tertiary/aromatic N) is 2. The Kier molecular flexibility index (Phi) is 7.02. The van der Waals surface area contributed by atoms with Crippen LogP contribution in [0.25, 0.3) is 12.2 Å². The summed E-state index contributed by atoms with van der Waals surface area (Å²) in [5, 5.41) is 11.2. The molecule has 1 aromatic heterocycles. The third-order valence-electron chi connectivity index (χ3n) is 3.82. The van der Waals surface area contributed by atoms with E-state index in [2.05, 4.69) is 10.3 Å². The van der Waals surface area contributed by atoms with Crippen LogP contribution in [0.1, 0.15) is 16.8 Å². The first-order chi connectivity index (χ1) is 12.5. The number of aromatic nitrogens is 1. The number of hydrogen-bond acceptors (Lipinski definition) is 5. The first-order valence-corrected chi connectivity index (χ1v) is 8.09. The normalized spacial score (nSPS) is 12.2. The Labute approximate surface area is 152 Å². The predicted molar refractivity (Wildman–Crippen MR) is 98.9 cm³/mol. The zero-order chi connectivity index (χ0) is 18.9. The van der Waals surface area contributed by atoms with Gasteiger partial charge in [-0.1, -0.05) is 42.5 Å². The van der Waals surface area contributed by atoms with Crippen LogP contribution in [0.3, 0.4) is 0 Å². The summed E-state index contributed by atoms with van der Waals surface area (Å²) in [7, 11) is 3.06. The maximum atomic E-state index is 11.9. The second-order valence-corrected chi connectivity index (χ2v) is 5.74. The van der Waals surface area contributed by atoms with Gasteiger partial charge >= 0.3 is 0 Å². The van der Waals surface area contributed by atoms with Crippen molar-refractivity contribution in [2.45, 2.75) is 12.6 Å². The summed E-state index contributed by atoms with van der Waals surface area (Å²) < 4.78 is 0. The van der Waals surface area contributed by atoms with Crippen LogP contribution in [0.5, 0.6) is 0 Å². The van der Waals surface area contributed by atoms with Crippen LogP contribution in [0, 0.1) is 0 Å². The van der Waals surface area contributed by atoms with E-state index in [4.69, 9.17) is 5.21 Å². The van der Waals surface area contributed by atoms with Crippen molar-refractivity contribution in [3.05, 3.63) is 65.5 Å². The molecule has 1 heterocycles. The summed E-state index contributed by atoms with van der Waals surface area (Å²) in [6, 6.07) is 12.5. The van der Waals surface area contributed by atoms with Gasteiger partial charge < -0.3 is 5.32 Å². The largest absolute Gasteiger partial charge is 0.357 e. The fourth-order valence-electron chi connectivity index (χ4n) is 2.47. The van der Waals surface area contributed by atoms with Crippen molar-refractivity contribution < 1.29 is 14.8 Å². The molecule has 1 atom stereocenters. The van der Waals surface area contributed by atoms with Gasteiger partial charge in [-0.25, -0.2) is 5.48 Å². The zero-order valence-electron chi connectivity index (χ0n) is 14.7. The molecule has 7 nitrogen and oxygen atoms in total. The topological polar surface area (TPSA) is 94.6 Å². The number of nitrogens with one attached hydrogen (secondary N) is 2. The van der Waals surface area contributed by atoms with Crippen LogP contribution in [0.2, 0.25) is 0 Å². The van der Waals surface area contributed by atoms with E-state index in [1.165, 1.54) is 17.4 Å². The molecule has 2 rings (SSSR count). The van der Waals surface area contributed by atoms with Gasteiger partial charge in [-0.2, -0.15) is 0 Å². The highest BCUT2D eigenvalue weighted by molar-refractivity contribution is 6.03. The minimum Gasteiger partial charge on any atom is -0.357 e. The minimum atomic E-state index is -1.14. The molecule has 3 N–H and O–H groups in total. The van der Waals surface area contributed by atoms with Crippen molar-refractivity contribution in [3.63, 3.8) is 0 Å². The van der Waals surface area contributed by atoms with Gasteiger partial charge in [0.15, 0.2) is 6.04 Å². The number of likely N-dealkylation sites (N-methyl/N-ethyl adjacent to an activating group) is 2. The number of pyridine rings is 1. The molecule has 0 radical (unpaired) electrons. The maximum Gasteiger partial charge on any atom is 0.270 e. The average Bonchev–Trinajstić information content (AvgIpc) is 2.68. The Hall–Kier alpha value is -3.03. The van der Waals surface area contributed by atoms with Crippen molar-refractivity contribution >= 4 is 24.0 Å². The van der Waals surface area contributed by atoms with E-state index in [9.17, 15) is 9.59 Å². The molecule has 1 unspecified atom stereocenters. The van der Waals surface area contributed by atoms with Gasteiger partial charge in [0.05, 0.1) is 5.69 Å². The first kappa shape index (κ1) is 19.3. The van der Waals surface area contributed by atoms with Crippen molar-refractivity contribution in [2.24, 2.45) is 0 Å². The molecule has 136 valence electrons. The molecule has 0 aliphatic carbocycles. The summed E-state index contributed by atoms with van der Waals surface area (Å²) in [4.78, 5) is 29.5. The van der Waals surface area contributed by atoms with Crippen LogP contribution in [-0.2, 0) is 16.1 Å². The van der Waals surface area contributed by atoms with E-state index in [-0.39, 0.29) is 0 Å². The second kappa shape index (κ2) is 9.45. The minimum absolute atomic E-state index is 0.321. The number of rotatable bonds is 7. The van der Waals surface area contributed by atoms with Gasteiger partial charge in [0.1, 0.15) is 0 Å². The van der Waals surface area contributed by atoms with Crippen LogP contribution in [0.15, 0.2) is 48.7 Å². The predicted octanol–water partition coefficient (Wildman–Crippen LogP) is 1.30. The van der Waals surface area contributed by atoms with Crippen LogP contribution in [0.4, 0.5) is 0 Å². The number of hydroxylamine groups is 1. The van der Waals surface area contributed by atoms with E-state index >= 15 is 0 Å². The van der Waals surface area contributed by atoms with Gasteiger partial charge in [-0.15, -0.1) is 0 Å². The first-order valence-electron chi connectivity index (χ1n) is 8.09. The average molecular weight is 354 g/mol. The molecule has 2 amide bonds. The third kappa shape index (κ3) is 5.23. The molecule has 2 aromatic rings. The number of carbonyl (C=O) groups is 2. The van der Waals surface area contributed by atoms with Crippen LogP contribution < -0.4 is 10.8 Å². The molecule has 1 aromatic carbocycles. The van der Waals surface area contributed by atoms with Crippen molar-refractivity contribution in [3.8, 4) is 0 Å². The Morgan fingerprint density at radius 2 is 1.88 bits per heavy atom. The van der Waals surface area contributed by atoms with E-state index in [1.54, 1.807) is 13.2 Å². The molecule has 0 spiro atoms. The lowest BCUT2D eigenvalue weighted by molar-refractivity contribution is -0.142. The molecular weight excluding hydrogens is 332 g/mol. The third-order valence-corrected chi connectivity index (χ3v) is 3.82. The number of benzene rings is 1. The molecule has 7 heteroatoms. The fraction of sp³-hybridized carbons (Fsp3) is 0.211. The lowest BCUT2D eigenvalue weighted by Crippen LogP contribution is -2.52. The highest BCUT2D eigenvalue weighted by Gasteiger charge is 2.29. The number of carbonyl (C=O) groups excluding carboxylic acids is 2. The standard InChI is InChI=1S/C19H22N4O3/c1-20-18(24)17(19(25)22-26)23(2)13-15-9-11-16(21-12-15)10-8-14-6-4-3-5-7-14/h3-12,17,26H,13H2,1-2H3,(H,20,24)(H,22,25)/b10-8+. The van der Waals surface area contributed by atoms with Crippen molar-refractivity contribution in [1.82, 2.24) is 20.7 Å². The Morgan fingerprint density at radius 1 is 1.15 bits per heavy atom. The highest BCUT2D eigenvalue weighted by atomic mass is 16.5. The molecule has 26 heavy (non-hydrogen) atoms. The fourth-order valence-corrected chi connectivity index (χ4v) is 2.47. The monoisotopic (exact) mass is 354 g/mol. The van der Waals surface area contributed by atoms with Gasteiger partial charge in [-0.05, 0) is 30.3 Å². The zero-order valence-corrected chi connectivity index (χ0v) is 14.7. The van der Waals surface area contributed by atoms with Gasteiger partial charge in [0.25, 0.3) is 5.91 Å². The lowest BCUT2D eigenvalue weighted by atomic mass is 10.1. The quantitative estimate of drug-likeness (QED) is 0.396. The Bertz CT molecular complexity index is 744. The Morgan fingerprint density at radius 3 is 2.46 bits per heavy atom. The van der Waals surface area contributed by atoms with Crippen molar-refractivity contribution in [1.29, 1.82) is 0 Å². The van der Waals surface area contributed by atoms with E-state index in [0.717, 1.165) is 16.8 Å². The maximum absolute atomic E-state index is 11.9. The van der Waals surface area contributed by atoms with Gasteiger partial charge in [0, 0.05) is 19.8 Å². The smallest absolute Gasteiger partial charge is 0.270 e. The summed E-state index contributed by atoms with van der Waals surface area (Å²) in [6.07, 6.45) is 5.58. The van der Waals surface area contributed by atoms with E-state index in [1.807, 2.05) is 54.6 Å². The number of amides is 2.